The Labute approximate surface area is 64.3 Å². The summed E-state index contributed by atoms with van der Waals surface area (Å²) in [5.41, 5.74) is 2.02. The van der Waals surface area contributed by atoms with Crippen molar-refractivity contribution in [1.29, 1.82) is 0 Å². The van der Waals surface area contributed by atoms with E-state index in [-0.39, 0.29) is 0 Å². The average molecular weight is 138 g/mol. The molecule has 0 bridgehead atoms. The summed E-state index contributed by atoms with van der Waals surface area (Å²) in [5.74, 6) is 0.785. The molecule has 0 aromatic heterocycles. The van der Waals surface area contributed by atoms with Gasteiger partial charge >= 0.3 is 0 Å². The quantitative estimate of drug-likeness (QED) is 0.524. The summed E-state index contributed by atoms with van der Waals surface area (Å²) in [4.78, 5) is 0. The SMILES string of the molecule is C=C(C)C(CC)C1(C)CC1. The number of allylic oxidation sites excluding steroid dienone is 1. The first-order chi connectivity index (χ1) is 4.60. The molecule has 0 nitrogen and oxygen atoms in total. The maximum atomic E-state index is 4.03. The molecule has 0 saturated heterocycles. The van der Waals surface area contributed by atoms with Crippen LogP contribution < -0.4 is 0 Å². The van der Waals surface area contributed by atoms with E-state index in [4.69, 9.17) is 0 Å². The largest absolute Gasteiger partial charge is 0.0998 e. The second-order valence-corrected chi connectivity index (χ2v) is 3.96. The van der Waals surface area contributed by atoms with Crippen LogP contribution >= 0.6 is 0 Å². The lowest BCUT2D eigenvalue weighted by Gasteiger charge is -2.21. The highest BCUT2D eigenvalue weighted by Gasteiger charge is 2.43. The summed E-state index contributed by atoms with van der Waals surface area (Å²) in [6, 6.07) is 0. The van der Waals surface area contributed by atoms with Gasteiger partial charge in [-0.05, 0) is 37.5 Å². The molecule has 1 atom stereocenters. The van der Waals surface area contributed by atoms with Crippen molar-refractivity contribution < 1.29 is 0 Å². The molecule has 1 rings (SSSR count). The molecule has 0 heteroatoms. The Morgan fingerprint density at radius 1 is 1.60 bits per heavy atom. The first kappa shape index (κ1) is 7.84. The highest BCUT2D eigenvalue weighted by molar-refractivity contribution is 5.08. The van der Waals surface area contributed by atoms with Crippen molar-refractivity contribution in [3.05, 3.63) is 12.2 Å². The van der Waals surface area contributed by atoms with E-state index < -0.39 is 0 Å². The van der Waals surface area contributed by atoms with Gasteiger partial charge in [0.15, 0.2) is 0 Å². The van der Waals surface area contributed by atoms with Gasteiger partial charge in [0.1, 0.15) is 0 Å². The molecule has 1 fully saturated rings. The maximum absolute atomic E-state index is 4.03. The molecule has 1 aliphatic carbocycles. The van der Waals surface area contributed by atoms with E-state index in [0.717, 1.165) is 5.92 Å². The van der Waals surface area contributed by atoms with E-state index in [2.05, 4.69) is 27.4 Å². The van der Waals surface area contributed by atoms with E-state index in [1.807, 2.05) is 0 Å². The maximum Gasteiger partial charge on any atom is -0.0157 e. The lowest BCUT2D eigenvalue weighted by Crippen LogP contribution is -2.11. The highest BCUT2D eigenvalue weighted by Crippen LogP contribution is 2.54. The Morgan fingerprint density at radius 3 is 2.20 bits per heavy atom. The van der Waals surface area contributed by atoms with Crippen LogP contribution in [0.5, 0.6) is 0 Å². The lowest BCUT2D eigenvalue weighted by atomic mass is 9.84. The van der Waals surface area contributed by atoms with Gasteiger partial charge in [0.25, 0.3) is 0 Å². The molecule has 0 heterocycles. The lowest BCUT2D eigenvalue weighted by molar-refractivity contribution is 0.377. The second-order valence-electron chi connectivity index (χ2n) is 3.96. The molecule has 1 unspecified atom stereocenters. The summed E-state index contributed by atoms with van der Waals surface area (Å²) < 4.78 is 0. The van der Waals surface area contributed by atoms with Gasteiger partial charge in [0, 0.05) is 0 Å². The van der Waals surface area contributed by atoms with E-state index in [1.54, 1.807) is 0 Å². The average Bonchev–Trinajstić information content (AvgIpc) is 2.49. The smallest absolute Gasteiger partial charge is 0.0157 e. The molecule has 0 spiro atoms. The Bertz CT molecular complexity index is 140. The van der Waals surface area contributed by atoms with Crippen LogP contribution in [0.2, 0.25) is 0 Å². The van der Waals surface area contributed by atoms with Crippen LogP contribution in [0, 0.1) is 11.3 Å². The molecule has 0 aromatic rings. The number of hydrogen-bond acceptors (Lipinski definition) is 0. The van der Waals surface area contributed by atoms with Gasteiger partial charge < -0.3 is 0 Å². The molecule has 1 aliphatic rings. The Hall–Kier alpha value is -0.260. The molecular formula is C10H18. The molecule has 0 amide bonds. The molecule has 10 heavy (non-hydrogen) atoms. The Morgan fingerprint density at radius 2 is 2.10 bits per heavy atom. The van der Waals surface area contributed by atoms with E-state index in [9.17, 15) is 0 Å². The first-order valence-corrected chi connectivity index (χ1v) is 4.25. The molecule has 0 N–H and O–H groups in total. The van der Waals surface area contributed by atoms with Gasteiger partial charge in [0.2, 0.25) is 0 Å². The molecule has 1 saturated carbocycles. The third kappa shape index (κ3) is 1.25. The van der Waals surface area contributed by atoms with E-state index in [0.29, 0.717) is 5.41 Å². The monoisotopic (exact) mass is 138 g/mol. The molecule has 0 radical (unpaired) electrons. The zero-order chi connectivity index (χ0) is 7.78. The zero-order valence-electron chi connectivity index (χ0n) is 7.41. The van der Waals surface area contributed by atoms with Crippen molar-refractivity contribution in [3.8, 4) is 0 Å². The van der Waals surface area contributed by atoms with Crippen LogP contribution in [0.3, 0.4) is 0 Å². The molecule has 58 valence electrons. The van der Waals surface area contributed by atoms with Gasteiger partial charge in [0.05, 0.1) is 0 Å². The van der Waals surface area contributed by atoms with Gasteiger partial charge in [-0.3, -0.25) is 0 Å². The van der Waals surface area contributed by atoms with Crippen molar-refractivity contribution in [2.75, 3.05) is 0 Å². The summed E-state index contributed by atoms with van der Waals surface area (Å²) >= 11 is 0. The third-order valence-electron chi connectivity index (χ3n) is 2.88. The third-order valence-corrected chi connectivity index (χ3v) is 2.88. The minimum atomic E-state index is 0.639. The van der Waals surface area contributed by atoms with Gasteiger partial charge in [-0.25, -0.2) is 0 Å². The predicted molar refractivity (Wildman–Crippen MR) is 45.9 cm³/mol. The minimum Gasteiger partial charge on any atom is -0.0998 e. The Balaban J connectivity index is 2.57. The summed E-state index contributed by atoms with van der Waals surface area (Å²) in [5, 5.41) is 0. The number of hydrogen-bond donors (Lipinski definition) is 0. The summed E-state index contributed by atoms with van der Waals surface area (Å²) in [6.07, 6.45) is 4.10. The van der Waals surface area contributed by atoms with Crippen LogP contribution in [0.1, 0.15) is 40.0 Å². The van der Waals surface area contributed by atoms with E-state index in [1.165, 1.54) is 24.8 Å². The van der Waals surface area contributed by atoms with Crippen LogP contribution in [0.4, 0.5) is 0 Å². The number of rotatable bonds is 3. The van der Waals surface area contributed by atoms with Crippen molar-refractivity contribution in [2.24, 2.45) is 11.3 Å². The van der Waals surface area contributed by atoms with Crippen LogP contribution in [-0.2, 0) is 0 Å². The van der Waals surface area contributed by atoms with Gasteiger partial charge in [-0.2, -0.15) is 0 Å². The Kier molecular flexibility index (Phi) is 1.89. The van der Waals surface area contributed by atoms with Crippen molar-refractivity contribution in [2.45, 2.75) is 40.0 Å². The van der Waals surface area contributed by atoms with E-state index >= 15 is 0 Å². The zero-order valence-corrected chi connectivity index (χ0v) is 7.41. The van der Waals surface area contributed by atoms with Crippen molar-refractivity contribution in [3.63, 3.8) is 0 Å². The fourth-order valence-corrected chi connectivity index (χ4v) is 1.98. The standard InChI is InChI=1S/C10H18/c1-5-9(8(2)3)10(4)6-7-10/h9H,2,5-7H2,1,3-4H3. The van der Waals surface area contributed by atoms with Crippen molar-refractivity contribution >= 4 is 0 Å². The van der Waals surface area contributed by atoms with Crippen LogP contribution in [0.15, 0.2) is 12.2 Å². The molecular weight excluding hydrogens is 120 g/mol. The normalized spacial score (nSPS) is 23.9. The van der Waals surface area contributed by atoms with Crippen LogP contribution in [-0.4, -0.2) is 0 Å². The minimum absolute atomic E-state index is 0.639. The fraction of sp³-hybridized carbons (Fsp3) is 0.800. The van der Waals surface area contributed by atoms with Crippen molar-refractivity contribution in [1.82, 2.24) is 0 Å². The highest BCUT2D eigenvalue weighted by atomic mass is 14.5. The molecule has 0 aliphatic heterocycles. The first-order valence-electron chi connectivity index (χ1n) is 4.25. The van der Waals surface area contributed by atoms with Gasteiger partial charge in [-0.1, -0.05) is 26.0 Å². The summed E-state index contributed by atoms with van der Waals surface area (Å²) in [6.45, 7) is 10.8. The second kappa shape index (κ2) is 2.41. The molecule has 0 aromatic carbocycles. The predicted octanol–water partition coefficient (Wildman–Crippen LogP) is 3.39. The van der Waals surface area contributed by atoms with Crippen LogP contribution in [0.25, 0.3) is 0 Å². The topological polar surface area (TPSA) is 0 Å². The fourth-order valence-electron chi connectivity index (χ4n) is 1.98. The van der Waals surface area contributed by atoms with Gasteiger partial charge in [-0.15, -0.1) is 0 Å². The summed E-state index contributed by atoms with van der Waals surface area (Å²) in [7, 11) is 0.